The van der Waals surface area contributed by atoms with E-state index >= 15 is 0 Å². The number of hydrogen-bond donors (Lipinski definition) is 0. The third kappa shape index (κ3) is 3.63. The molecule has 3 heteroatoms. The molecule has 2 rings (SSSR count). The van der Waals surface area contributed by atoms with E-state index in [2.05, 4.69) is 33.8 Å². The maximum Gasteiger partial charge on any atom is 0.303 e. The third-order valence-electron chi connectivity index (χ3n) is 4.83. The molecule has 1 fully saturated rings. The Kier molecular flexibility index (Phi) is 4.29. The van der Waals surface area contributed by atoms with Gasteiger partial charge in [-0.25, -0.2) is 0 Å². The highest BCUT2D eigenvalue weighted by Gasteiger charge is 2.51. The lowest BCUT2D eigenvalue weighted by Gasteiger charge is -2.32. The van der Waals surface area contributed by atoms with Crippen LogP contribution in [0, 0.1) is 5.41 Å². The monoisotopic (exact) mass is 280 g/mol. The van der Waals surface area contributed by atoms with Gasteiger partial charge in [-0.3, -0.25) is 4.79 Å². The van der Waals surface area contributed by atoms with Crippen molar-refractivity contribution >= 4 is 5.97 Å². The standard InChI is InChI=1S/C17H28O3/c1-12-7-8-14-17(5,20-14)10-6-9-16(3,4)15(11-12)19-13(2)18/h11,14-15H,6-10H2,1-5H3. The fourth-order valence-corrected chi connectivity index (χ4v) is 3.21. The van der Waals surface area contributed by atoms with Crippen molar-refractivity contribution in [1.29, 1.82) is 0 Å². The molecule has 0 amide bonds. The van der Waals surface area contributed by atoms with E-state index in [1.165, 1.54) is 12.5 Å². The summed E-state index contributed by atoms with van der Waals surface area (Å²) in [6.45, 7) is 10.2. The molecule has 0 N–H and O–H groups in total. The van der Waals surface area contributed by atoms with Gasteiger partial charge in [0.25, 0.3) is 0 Å². The van der Waals surface area contributed by atoms with Gasteiger partial charge in [-0.15, -0.1) is 0 Å². The van der Waals surface area contributed by atoms with Crippen molar-refractivity contribution in [3.8, 4) is 0 Å². The van der Waals surface area contributed by atoms with Crippen LogP contribution < -0.4 is 0 Å². The highest BCUT2D eigenvalue weighted by atomic mass is 16.6. The average molecular weight is 280 g/mol. The molecule has 0 saturated carbocycles. The van der Waals surface area contributed by atoms with Crippen LogP contribution in [0.5, 0.6) is 0 Å². The fourth-order valence-electron chi connectivity index (χ4n) is 3.21. The Morgan fingerprint density at radius 1 is 1.35 bits per heavy atom. The predicted octanol–water partition coefficient (Wildman–Crippen LogP) is 4.01. The molecule has 3 unspecified atom stereocenters. The lowest BCUT2D eigenvalue weighted by Crippen LogP contribution is -2.32. The second-order valence-corrected chi connectivity index (χ2v) is 7.34. The van der Waals surface area contributed by atoms with Gasteiger partial charge in [0.05, 0.1) is 11.7 Å². The Balaban J connectivity index is 2.15. The summed E-state index contributed by atoms with van der Waals surface area (Å²) in [5, 5.41) is 0. The summed E-state index contributed by atoms with van der Waals surface area (Å²) in [4.78, 5) is 11.4. The number of epoxide rings is 1. The Labute approximate surface area is 122 Å². The maximum atomic E-state index is 11.4. The lowest BCUT2D eigenvalue weighted by molar-refractivity contribution is -0.149. The molecule has 0 bridgehead atoms. The van der Waals surface area contributed by atoms with Crippen LogP contribution in [0.1, 0.15) is 66.7 Å². The van der Waals surface area contributed by atoms with Crippen LogP contribution in [-0.2, 0) is 14.3 Å². The van der Waals surface area contributed by atoms with Crippen LogP contribution >= 0.6 is 0 Å². The second kappa shape index (κ2) is 5.51. The normalized spacial score (nSPS) is 37.1. The number of hydrogen-bond acceptors (Lipinski definition) is 3. The van der Waals surface area contributed by atoms with E-state index in [0.29, 0.717) is 6.10 Å². The summed E-state index contributed by atoms with van der Waals surface area (Å²) in [5.74, 6) is -0.194. The van der Waals surface area contributed by atoms with Crippen molar-refractivity contribution in [2.24, 2.45) is 5.41 Å². The molecule has 20 heavy (non-hydrogen) atoms. The summed E-state index contributed by atoms with van der Waals surface area (Å²) >= 11 is 0. The van der Waals surface area contributed by atoms with Crippen LogP contribution in [0.15, 0.2) is 11.6 Å². The van der Waals surface area contributed by atoms with E-state index < -0.39 is 0 Å². The zero-order chi connectivity index (χ0) is 15.0. The van der Waals surface area contributed by atoms with Crippen molar-refractivity contribution in [1.82, 2.24) is 0 Å². The predicted molar refractivity (Wildman–Crippen MR) is 79.5 cm³/mol. The number of esters is 1. The Bertz CT molecular complexity index is 410. The molecule has 1 saturated heterocycles. The zero-order valence-corrected chi connectivity index (χ0v) is 13.5. The molecule has 2 aliphatic rings. The van der Waals surface area contributed by atoms with Gasteiger partial charge in [0.15, 0.2) is 0 Å². The maximum absolute atomic E-state index is 11.4. The van der Waals surface area contributed by atoms with Crippen LogP contribution in [0.2, 0.25) is 0 Å². The van der Waals surface area contributed by atoms with Gasteiger partial charge in [-0.1, -0.05) is 19.4 Å². The quantitative estimate of drug-likeness (QED) is 0.414. The summed E-state index contributed by atoms with van der Waals surface area (Å²) in [6, 6.07) is 0. The molecule has 0 aromatic carbocycles. The Hall–Kier alpha value is -0.830. The number of fused-ring (bicyclic) bond motifs is 1. The van der Waals surface area contributed by atoms with Crippen LogP contribution in [-0.4, -0.2) is 23.8 Å². The largest absolute Gasteiger partial charge is 0.458 e. The van der Waals surface area contributed by atoms with Gasteiger partial charge in [0.2, 0.25) is 0 Å². The van der Waals surface area contributed by atoms with Crippen LogP contribution in [0.25, 0.3) is 0 Å². The first-order valence-electron chi connectivity index (χ1n) is 7.75. The Morgan fingerprint density at radius 2 is 2.05 bits per heavy atom. The van der Waals surface area contributed by atoms with Gasteiger partial charge >= 0.3 is 5.97 Å². The number of allylic oxidation sites excluding steroid dienone is 1. The molecule has 3 nitrogen and oxygen atoms in total. The number of carbonyl (C=O) groups is 1. The molecule has 1 heterocycles. The van der Waals surface area contributed by atoms with E-state index in [4.69, 9.17) is 9.47 Å². The highest BCUT2D eigenvalue weighted by molar-refractivity contribution is 5.66. The van der Waals surface area contributed by atoms with E-state index in [1.54, 1.807) is 0 Å². The van der Waals surface area contributed by atoms with Crippen LogP contribution in [0.3, 0.4) is 0 Å². The molecule has 0 radical (unpaired) electrons. The van der Waals surface area contributed by atoms with E-state index in [0.717, 1.165) is 32.1 Å². The second-order valence-electron chi connectivity index (χ2n) is 7.34. The van der Waals surface area contributed by atoms with Crippen molar-refractivity contribution in [2.75, 3.05) is 0 Å². The van der Waals surface area contributed by atoms with E-state index in [1.807, 2.05) is 0 Å². The van der Waals surface area contributed by atoms with Gasteiger partial charge in [-0.05, 0) is 52.0 Å². The topological polar surface area (TPSA) is 38.8 Å². The van der Waals surface area contributed by atoms with Crippen molar-refractivity contribution in [2.45, 2.75) is 84.5 Å². The SMILES string of the molecule is CC(=O)OC1C=C(C)CCC2OC2(C)CCCC1(C)C. The molecular weight excluding hydrogens is 252 g/mol. The minimum absolute atomic E-state index is 0.0297. The minimum atomic E-state index is -0.194. The summed E-state index contributed by atoms with van der Waals surface area (Å²) in [5.41, 5.74) is 1.36. The van der Waals surface area contributed by atoms with Crippen molar-refractivity contribution in [3.05, 3.63) is 11.6 Å². The van der Waals surface area contributed by atoms with E-state index in [-0.39, 0.29) is 23.1 Å². The number of carbonyl (C=O) groups excluding carboxylic acids is 1. The summed E-state index contributed by atoms with van der Waals surface area (Å²) in [6.07, 6.45) is 7.80. The van der Waals surface area contributed by atoms with Crippen molar-refractivity contribution < 1.29 is 14.3 Å². The smallest absolute Gasteiger partial charge is 0.303 e. The first kappa shape index (κ1) is 15.6. The highest BCUT2D eigenvalue weighted by Crippen LogP contribution is 2.45. The molecule has 0 spiro atoms. The number of rotatable bonds is 1. The fraction of sp³-hybridized carbons (Fsp3) is 0.824. The summed E-state index contributed by atoms with van der Waals surface area (Å²) in [7, 11) is 0. The first-order chi connectivity index (χ1) is 9.23. The van der Waals surface area contributed by atoms with Gasteiger partial charge in [0.1, 0.15) is 6.10 Å². The molecule has 114 valence electrons. The third-order valence-corrected chi connectivity index (χ3v) is 4.83. The molecule has 0 aromatic heterocycles. The molecule has 0 aromatic rings. The average Bonchev–Trinajstić information content (AvgIpc) is 2.95. The number of ether oxygens (including phenoxy) is 2. The summed E-state index contributed by atoms with van der Waals surface area (Å²) < 4.78 is 11.4. The molecule has 1 aliphatic heterocycles. The molecular formula is C17H28O3. The first-order valence-corrected chi connectivity index (χ1v) is 7.75. The van der Waals surface area contributed by atoms with Gasteiger partial charge in [0, 0.05) is 12.3 Å². The van der Waals surface area contributed by atoms with E-state index in [9.17, 15) is 4.79 Å². The zero-order valence-electron chi connectivity index (χ0n) is 13.5. The van der Waals surface area contributed by atoms with Gasteiger partial charge < -0.3 is 9.47 Å². The molecule has 3 atom stereocenters. The van der Waals surface area contributed by atoms with Gasteiger partial charge in [-0.2, -0.15) is 0 Å². The Morgan fingerprint density at radius 3 is 2.70 bits per heavy atom. The molecule has 1 aliphatic carbocycles. The minimum Gasteiger partial charge on any atom is -0.458 e. The van der Waals surface area contributed by atoms with Crippen molar-refractivity contribution in [3.63, 3.8) is 0 Å². The lowest BCUT2D eigenvalue weighted by atomic mass is 9.80. The van der Waals surface area contributed by atoms with Crippen LogP contribution in [0.4, 0.5) is 0 Å².